The van der Waals surface area contributed by atoms with Crippen LogP contribution in [0.1, 0.15) is 38.5 Å². The zero-order valence-corrected chi connectivity index (χ0v) is 15.8. The average molecular weight is 349 g/mol. The van der Waals surface area contributed by atoms with Gasteiger partial charge in [-0.25, -0.2) is 0 Å². The third-order valence-electron chi connectivity index (χ3n) is 6.46. The van der Waals surface area contributed by atoms with Crippen LogP contribution < -0.4 is 5.32 Å². The second-order valence-electron chi connectivity index (χ2n) is 8.19. The van der Waals surface area contributed by atoms with Crippen LogP contribution in [0.2, 0.25) is 0 Å². The SMILES string of the molecule is C1=C[C@@H]2CCC[C@H](/C=C/C3CCNCC3)C2C(/C=C/C2=CC=NCC2)=C1. The highest BCUT2D eigenvalue weighted by atomic mass is 14.9. The van der Waals surface area contributed by atoms with Crippen LogP contribution in [0.5, 0.6) is 0 Å². The number of fused-ring (bicyclic) bond motifs is 1. The minimum absolute atomic E-state index is 0.667. The first-order valence-corrected chi connectivity index (χ1v) is 10.5. The Hall–Kier alpha value is -1.67. The van der Waals surface area contributed by atoms with E-state index in [2.05, 4.69) is 58.9 Å². The largest absolute Gasteiger partial charge is 0.317 e. The number of hydrogen-bond donors (Lipinski definition) is 1. The van der Waals surface area contributed by atoms with Crippen LogP contribution in [0.25, 0.3) is 0 Å². The highest BCUT2D eigenvalue weighted by molar-refractivity contribution is 5.74. The fraction of sp³-hybridized carbons (Fsp3) is 0.542. The summed E-state index contributed by atoms with van der Waals surface area (Å²) in [5, 5.41) is 3.48. The molecule has 4 aliphatic rings. The number of rotatable bonds is 4. The molecule has 1 saturated heterocycles. The first-order chi connectivity index (χ1) is 12.9. The van der Waals surface area contributed by atoms with Crippen molar-refractivity contribution in [1.82, 2.24) is 5.32 Å². The van der Waals surface area contributed by atoms with Crippen LogP contribution in [-0.4, -0.2) is 25.8 Å². The van der Waals surface area contributed by atoms with Gasteiger partial charge in [-0.05, 0) is 86.1 Å². The predicted octanol–water partition coefficient (Wildman–Crippen LogP) is 5.03. The maximum Gasteiger partial charge on any atom is 0.0429 e. The van der Waals surface area contributed by atoms with E-state index in [-0.39, 0.29) is 0 Å². The van der Waals surface area contributed by atoms with Gasteiger partial charge in [0.1, 0.15) is 0 Å². The Bertz CT molecular complexity index is 656. The lowest BCUT2D eigenvalue weighted by atomic mass is 9.66. The van der Waals surface area contributed by atoms with Crippen molar-refractivity contribution >= 4 is 6.21 Å². The molecule has 2 nitrogen and oxygen atoms in total. The van der Waals surface area contributed by atoms with Gasteiger partial charge in [0.2, 0.25) is 0 Å². The van der Waals surface area contributed by atoms with Crippen LogP contribution >= 0.6 is 0 Å². The molecule has 26 heavy (non-hydrogen) atoms. The van der Waals surface area contributed by atoms with Crippen molar-refractivity contribution < 1.29 is 0 Å². The van der Waals surface area contributed by atoms with Crippen molar-refractivity contribution in [3.8, 4) is 0 Å². The van der Waals surface area contributed by atoms with E-state index in [1.807, 2.05) is 6.21 Å². The first-order valence-electron chi connectivity index (χ1n) is 10.5. The van der Waals surface area contributed by atoms with Crippen molar-refractivity contribution in [2.75, 3.05) is 19.6 Å². The highest BCUT2D eigenvalue weighted by Crippen LogP contribution is 2.43. The molecule has 2 aliphatic carbocycles. The van der Waals surface area contributed by atoms with Crippen molar-refractivity contribution in [3.05, 3.63) is 59.8 Å². The molecular formula is C24H32N2. The van der Waals surface area contributed by atoms with Gasteiger partial charge in [0.25, 0.3) is 0 Å². The van der Waals surface area contributed by atoms with E-state index in [0.717, 1.165) is 24.8 Å². The molecule has 0 radical (unpaired) electrons. The fourth-order valence-corrected chi connectivity index (χ4v) is 4.96. The second-order valence-corrected chi connectivity index (χ2v) is 8.19. The Morgan fingerprint density at radius 1 is 1.00 bits per heavy atom. The third kappa shape index (κ3) is 4.35. The molecular weight excluding hydrogens is 316 g/mol. The number of hydrogen-bond acceptors (Lipinski definition) is 2. The number of nitrogens with one attached hydrogen (secondary N) is 1. The summed E-state index contributed by atoms with van der Waals surface area (Å²) in [5.74, 6) is 2.87. The predicted molar refractivity (Wildman–Crippen MR) is 111 cm³/mol. The highest BCUT2D eigenvalue weighted by Gasteiger charge is 2.33. The van der Waals surface area contributed by atoms with E-state index in [4.69, 9.17) is 0 Å². The molecule has 0 spiro atoms. The molecule has 0 aromatic rings. The summed E-state index contributed by atoms with van der Waals surface area (Å²) in [5.41, 5.74) is 2.94. The molecule has 4 rings (SSSR count). The van der Waals surface area contributed by atoms with Crippen LogP contribution in [0.4, 0.5) is 0 Å². The van der Waals surface area contributed by atoms with Crippen molar-refractivity contribution in [3.63, 3.8) is 0 Å². The van der Waals surface area contributed by atoms with Gasteiger partial charge in [-0.1, -0.05) is 49.0 Å². The number of dihydropyridines is 1. The quantitative estimate of drug-likeness (QED) is 0.708. The molecule has 2 aliphatic heterocycles. The van der Waals surface area contributed by atoms with E-state index >= 15 is 0 Å². The number of allylic oxidation sites excluding steroid dienone is 9. The van der Waals surface area contributed by atoms with Crippen molar-refractivity contribution in [2.45, 2.75) is 38.5 Å². The Labute approximate surface area is 158 Å². The van der Waals surface area contributed by atoms with Crippen LogP contribution in [0.3, 0.4) is 0 Å². The molecule has 0 aromatic carbocycles. The van der Waals surface area contributed by atoms with Crippen LogP contribution in [0.15, 0.2) is 64.7 Å². The maximum atomic E-state index is 4.29. The van der Waals surface area contributed by atoms with Gasteiger partial charge in [-0.2, -0.15) is 0 Å². The van der Waals surface area contributed by atoms with Crippen LogP contribution in [0, 0.1) is 23.7 Å². The molecule has 1 saturated carbocycles. The topological polar surface area (TPSA) is 24.4 Å². The molecule has 138 valence electrons. The molecule has 0 bridgehead atoms. The van der Waals surface area contributed by atoms with Crippen molar-refractivity contribution in [2.24, 2.45) is 28.7 Å². The van der Waals surface area contributed by atoms with E-state index in [1.165, 1.54) is 56.3 Å². The van der Waals surface area contributed by atoms with Gasteiger partial charge in [-0.15, -0.1) is 0 Å². The van der Waals surface area contributed by atoms with Gasteiger partial charge >= 0.3 is 0 Å². The monoisotopic (exact) mass is 348 g/mol. The smallest absolute Gasteiger partial charge is 0.0429 e. The van der Waals surface area contributed by atoms with Crippen LogP contribution in [-0.2, 0) is 0 Å². The fourth-order valence-electron chi connectivity index (χ4n) is 4.96. The second kappa shape index (κ2) is 8.81. The molecule has 1 unspecified atom stereocenters. The zero-order chi connectivity index (χ0) is 17.6. The number of aliphatic imine (C=N–C) groups is 1. The Balaban J connectivity index is 1.48. The normalized spacial score (nSPS) is 32.7. The minimum atomic E-state index is 0.667. The lowest BCUT2D eigenvalue weighted by molar-refractivity contribution is 0.259. The summed E-state index contributed by atoms with van der Waals surface area (Å²) in [6, 6.07) is 0. The Kier molecular flexibility index (Phi) is 6.01. The van der Waals surface area contributed by atoms with E-state index in [0.29, 0.717) is 11.8 Å². The summed E-state index contributed by atoms with van der Waals surface area (Å²) in [7, 11) is 0. The number of piperidine rings is 1. The van der Waals surface area contributed by atoms with Gasteiger partial charge in [0.15, 0.2) is 0 Å². The summed E-state index contributed by atoms with van der Waals surface area (Å²) < 4.78 is 0. The zero-order valence-electron chi connectivity index (χ0n) is 15.8. The minimum Gasteiger partial charge on any atom is -0.317 e. The van der Waals surface area contributed by atoms with Gasteiger partial charge in [0, 0.05) is 12.8 Å². The molecule has 2 heterocycles. The summed E-state index contributed by atoms with van der Waals surface area (Å²) >= 11 is 0. The summed E-state index contributed by atoms with van der Waals surface area (Å²) in [6.45, 7) is 3.30. The van der Waals surface area contributed by atoms with Crippen molar-refractivity contribution in [1.29, 1.82) is 0 Å². The molecule has 2 heteroatoms. The van der Waals surface area contributed by atoms with Gasteiger partial charge in [-0.3, -0.25) is 4.99 Å². The molecule has 0 aromatic heterocycles. The Morgan fingerprint density at radius 3 is 2.77 bits per heavy atom. The average Bonchev–Trinajstić information content (AvgIpc) is 2.72. The lowest BCUT2D eigenvalue weighted by Crippen LogP contribution is -2.29. The summed E-state index contributed by atoms with van der Waals surface area (Å²) in [4.78, 5) is 4.29. The van der Waals surface area contributed by atoms with E-state index in [9.17, 15) is 0 Å². The third-order valence-corrected chi connectivity index (χ3v) is 6.46. The van der Waals surface area contributed by atoms with Gasteiger partial charge in [0.05, 0.1) is 0 Å². The Morgan fingerprint density at radius 2 is 1.92 bits per heavy atom. The first kappa shape index (κ1) is 17.7. The van der Waals surface area contributed by atoms with Gasteiger partial charge < -0.3 is 5.32 Å². The maximum absolute atomic E-state index is 4.29. The molecule has 2 fully saturated rings. The molecule has 1 N–H and O–H groups in total. The lowest BCUT2D eigenvalue weighted by Gasteiger charge is -2.38. The van der Waals surface area contributed by atoms with E-state index < -0.39 is 0 Å². The molecule has 3 atom stereocenters. The number of nitrogens with zero attached hydrogens (tertiary/aromatic N) is 1. The molecule has 0 amide bonds. The van der Waals surface area contributed by atoms with E-state index in [1.54, 1.807) is 0 Å². The standard InChI is InChI=1S/C24H32N2/c1-3-21-4-2-6-23(10-8-20-13-17-26-18-14-20)24(21)22(5-1)9-7-19-11-15-25-16-12-19/h1,3,5,7-11,15,20-21,23-24,26H,2,4,6,12-14,16-18H2/b9-7+,10-8+/t21-,23-,24?/m1/s1. The summed E-state index contributed by atoms with van der Waals surface area (Å²) in [6.07, 6.45) is 28.8.